The lowest BCUT2D eigenvalue weighted by Gasteiger charge is -2.28. The lowest BCUT2D eigenvalue weighted by Crippen LogP contribution is -2.42. The molecule has 4 aromatic rings. The SMILES string of the molecule is O=C(NCc1ccccc1)c1ccc(C2=CC(c3ccc4ccccc4c3)(C(F)(F)F)ON2)cc1. The highest BCUT2D eigenvalue weighted by Crippen LogP contribution is 2.47. The van der Waals surface area contributed by atoms with E-state index in [1.807, 2.05) is 42.5 Å². The lowest BCUT2D eigenvalue weighted by molar-refractivity contribution is -0.269. The molecule has 4 aromatic carbocycles. The lowest BCUT2D eigenvalue weighted by atomic mass is 9.90. The van der Waals surface area contributed by atoms with Gasteiger partial charge in [0.05, 0.1) is 5.70 Å². The molecule has 0 fully saturated rings. The van der Waals surface area contributed by atoms with E-state index >= 15 is 0 Å². The summed E-state index contributed by atoms with van der Waals surface area (Å²) in [5, 5.41) is 4.35. The summed E-state index contributed by atoms with van der Waals surface area (Å²) in [5.74, 6) is -0.272. The molecule has 0 saturated carbocycles. The molecular formula is C28H21F3N2O2. The molecule has 176 valence electrons. The van der Waals surface area contributed by atoms with Crippen molar-refractivity contribution in [3.63, 3.8) is 0 Å². The van der Waals surface area contributed by atoms with Crippen molar-refractivity contribution in [2.75, 3.05) is 0 Å². The van der Waals surface area contributed by atoms with Crippen molar-refractivity contribution in [2.45, 2.75) is 18.3 Å². The number of benzene rings is 4. The summed E-state index contributed by atoms with van der Waals surface area (Å²) in [4.78, 5) is 17.7. The molecule has 1 aliphatic heterocycles. The normalized spacial score (nSPS) is 17.6. The first kappa shape index (κ1) is 22.7. The first-order valence-corrected chi connectivity index (χ1v) is 11.0. The van der Waals surface area contributed by atoms with Crippen molar-refractivity contribution in [1.82, 2.24) is 10.8 Å². The summed E-state index contributed by atoms with van der Waals surface area (Å²) in [5.41, 5.74) is 1.80. The maximum Gasteiger partial charge on any atom is 0.428 e. The van der Waals surface area contributed by atoms with Crippen molar-refractivity contribution in [3.8, 4) is 0 Å². The quantitative estimate of drug-likeness (QED) is 0.367. The van der Waals surface area contributed by atoms with Gasteiger partial charge < -0.3 is 5.32 Å². The molecule has 0 aliphatic carbocycles. The molecule has 0 bridgehead atoms. The summed E-state index contributed by atoms with van der Waals surface area (Å²) >= 11 is 0. The average Bonchev–Trinajstić information content (AvgIpc) is 3.35. The Labute approximate surface area is 200 Å². The number of hydrogen-bond acceptors (Lipinski definition) is 3. The van der Waals surface area contributed by atoms with Gasteiger partial charge in [0.1, 0.15) is 0 Å². The number of carbonyl (C=O) groups excluding carboxylic acids is 1. The Bertz CT molecular complexity index is 1400. The molecular weight excluding hydrogens is 453 g/mol. The molecule has 5 rings (SSSR count). The highest BCUT2D eigenvalue weighted by atomic mass is 19.4. The average molecular weight is 474 g/mol. The van der Waals surface area contributed by atoms with E-state index < -0.39 is 11.8 Å². The second kappa shape index (κ2) is 8.92. The van der Waals surface area contributed by atoms with Crippen LogP contribution in [0.4, 0.5) is 13.2 Å². The molecule has 0 saturated heterocycles. The van der Waals surface area contributed by atoms with Crippen LogP contribution in [0.3, 0.4) is 0 Å². The number of carbonyl (C=O) groups is 1. The Morgan fingerprint density at radius 1 is 0.857 bits per heavy atom. The predicted molar refractivity (Wildman–Crippen MR) is 128 cm³/mol. The summed E-state index contributed by atoms with van der Waals surface area (Å²) in [6.07, 6.45) is -3.66. The third kappa shape index (κ3) is 4.38. The Balaban J connectivity index is 1.40. The van der Waals surface area contributed by atoms with Crippen molar-refractivity contribution in [3.05, 3.63) is 125 Å². The minimum atomic E-state index is -4.71. The fourth-order valence-electron chi connectivity index (χ4n) is 4.09. The van der Waals surface area contributed by atoms with Gasteiger partial charge in [-0.15, -0.1) is 0 Å². The number of fused-ring (bicyclic) bond motifs is 1. The zero-order valence-corrected chi connectivity index (χ0v) is 18.5. The highest BCUT2D eigenvalue weighted by Gasteiger charge is 2.59. The molecule has 4 nitrogen and oxygen atoms in total. The molecule has 0 aromatic heterocycles. The number of hydrogen-bond donors (Lipinski definition) is 2. The van der Waals surface area contributed by atoms with E-state index in [9.17, 15) is 18.0 Å². The van der Waals surface area contributed by atoms with Crippen LogP contribution in [-0.2, 0) is 17.0 Å². The van der Waals surface area contributed by atoms with Crippen LogP contribution in [0, 0.1) is 0 Å². The monoisotopic (exact) mass is 474 g/mol. The minimum absolute atomic E-state index is 0.0249. The number of nitrogens with one attached hydrogen (secondary N) is 2. The maximum atomic E-state index is 14.3. The molecule has 1 heterocycles. The van der Waals surface area contributed by atoms with Gasteiger partial charge in [-0.2, -0.15) is 13.2 Å². The molecule has 1 aliphatic rings. The van der Waals surface area contributed by atoms with Crippen LogP contribution in [-0.4, -0.2) is 12.1 Å². The Morgan fingerprint density at radius 2 is 1.54 bits per heavy atom. The first-order chi connectivity index (χ1) is 16.9. The van der Waals surface area contributed by atoms with Gasteiger partial charge in [-0.1, -0.05) is 78.9 Å². The van der Waals surface area contributed by atoms with Crippen molar-refractivity contribution in [2.24, 2.45) is 0 Å². The van der Waals surface area contributed by atoms with Gasteiger partial charge in [-0.05, 0) is 46.2 Å². The highest BCUT2D eigenvalue weighted by molar-refractivity contribution is 5.94. The molecule has 35 heavy (non-hydrogen) atoms. The van der Waals surface area contributed by atoms with Gasteiger partial charge in [-0.3, -0.25) is 15.1 Å². The van der Waals surface area contributed by atoms with Crippen LogP contribution in [0.1, 0.15) is 27.0 Å². The molecule has 1 amide bonds. The third-order valence-electron chi connectivity index (χ3n) is 6.02. The Hall–Kier alpha value is -4.10. The standard InChI is InChI=1S/C28H21F3N2O2/c29-28(30,31)27(24-15-14-20-8-4-5-9-23(20)16-24)17-25(33-35-27)21-10-12-22(13-11-21)26(34)32-18-19-6-2-1-3-7-19/h1-17,33H,18H2,(H,32,34). The zero-order chi connectivity index (χ0) is 24.5. The van der Waals surface area contributed by atoms with E-state index in [-0.39, 0.29) is 17.2 Å². The summed E-state index contributed by atoms with van der Waals surface area (Å²) in [6.45, 7) is 0.377. The van der Waals surface area contributed by atoms with Crippen LogP contribution in [0.2, 0.25) is 0 Å². The number of rotatable bonds is 5. The van der Waals surface area contributed by atoms with Crippen molar-refractivity contribution >= 4 is 22.4 Å². The molecule has 7 heteroatoms. The zero-order valence-electron chi connectivity index (χ0n) is 18.5. The van der Waals surface area contributed by atoms with Crippen molar-refractivity contribution in [1.29, 1.82) is 0 Å². The van der Waals surface area contributed by atoms with E-state index in [1.165, 1.54) is 12.1 Å². The van der Waals surface area contributed by atoms with Gasteiger partial charge in [0.2, 0.25) is 5.60 Å². The van der Waals surface area contributed by atoms with E-state index in [1.54, 1.807) is 42.5 Å². The van der Waals surface area contributed by atoms with Crippen molar-refractivity contribution < 1.29 is 22.8 Å². The fourth-order valence-corrected chi connectivity index (χ4v) is 4.09. The third-order valence-corrected chi connectivity index (χ3v) is 6.02. The van der Waals surface area contributed by atoms with E-state index in [0.717, 1.165) is 17.0 Å². The first-order valence-electron chi connectivity index (χ1n) is 11.0. The van der Waals surface area contributed by atoms with Gasteiger partial charge >= 0.3 is 6.18 Å². The van der Waals surface area contributed by atoms with Crippen LogP contribution in [0.25, 0.3) is 16.5 Å². The molecule has 1 unspecified atom stereocenters. The molecule has 0 spiro atoms. The number of amides is 1. The molecule has 2 N–H and O–H groups in total. The number of alkyl halides is 3. The largest absolute Gasteiger partial charge is 0.428 e. The Kier molecular flexibility index (Phi) is 5.78. The van der Waals surface area contributed by atoms with Gasteiger partial charge in [0.15, 0.2) is 0 Å². The van der Waals surface area contributed by atoms with Gasteiger partial charge in [-0.25, -0.2) is 0 Å². The molecule has 1 atom stereocenters. The second-order valence-corrected chi connectivity index (χ2v) is 8.30. The van der Waals surface area contributed by atoms with Crippen LogP contribution >= 0.6 is 0 Å². The summed E-state index contributed by atoms with van der Waals surface area (Å²) < 4.78 is 43.0. The summed E-state index contributed by atoms with van der Waals surface area (Å²) in [7, 11) is 0. The van der Waals surface area contributed by atoms with Crippen LogP contribution < -0.4 is 10.8 Å². The van der Waals surface area contributed by atoms with Gasteiger partial charge in [0.25, 0.3) is 5.91 Å². The van der Waals surface area contributed by atoms with E-state index in [4.69, 9.17) is 4.84 Å². The smallest absolute Gasteiger partial charge is 0.348 e. The maximum absolute atomic E-state index is 14.3. The Morgan fingerprint density at radius 3 is 2.26 bits per heavy atom. The topological polar surface area (TPSA) is 50.4 Å². The summed E-state index contributed by atoms with van der Waals surface area (Å²) in [6, 6.07) is 27.6. The minimum Gasteiger partial charge on any atom is -0.348 e. The van der Waals surface area contributed by atoms with Gasteiger partial charge in [0, 0.05) is 17.7 Å². The number of halogens is 3. The number of hydroxylamine groups is 1. The van der Waals surface area contributed by atoms with Crippen LogP contribution in [0.15, 0.2) is 103 Å². The van der Waals surface area contributed by atoms with E-state index in [2.05, 4.69) is 10.8 Å². The fraction of sp³-hybridized carbons (Fsp3) is 0.107. The second-order valence-electron chi connectivity index (χ2n) is 8.30. The predicted octanol–water partition coefficient (Wildman–Crippen LogP) is 6.10. The molecule has 0 radical (unpaired) electrons. The van der Waals surface area contributed by atoms with Crippen LogP contribution in [0.5, 0.6) is 0 Å². The van der Waals surface area contributed by atoms with E-state index in [0.29, 0.717) is 23.1 Å².